The number of hydrogen-bond acceptors (Lipinski definition) is 3. The van der Waals surface area contributed by atoms with E-state index in [2.05, 4.69) is 44.7 Å². The fourth-order valence-electron chi connectivity index (χ4n) is 2.13. The molecule has 0 bridgehead atoms. The second-order valence-corrected chi connectivity index (χ2v) is 5.73. The van der Waals surface area contributed by atoms with Crippen molar-refractivity contribution in [2.75, 3.05) is 40.3 Å². The van der Waals surface area contributed by atoms with Crippen LogP contribution >= 0.6 is 0 Å². The molecule has 0 N–H and O–H groups in total. The highest BCUT2D eigenvalue weighted by Crippen LogP contribution is 2.26. The van der Waals surface area contributed by atoms with Crippen molar-refractivity contribution in [3.05, 3.63) is 0 Å². The summed E-state index contributed by atoms with van der Waals surface area (Å²) in [6.45, 7) is 11.0. The van der Waals surface area contributed by atoms with Crippen LogP contribution in [0.2, 0.25) is 0 Å². The first-order valence-electron chi connectivity index (χ1n) is 6.46. The zero-order chi connectivity index (χ0) is 12.2. The predicted octanol–water partition coefficient (Wildman–Crippen LogP) is 1.83. The minimum absolute atomic E-state index is 0.113. The van der Waals surface area contributed by atoms with E-state index in [9.17, 15) is 0 Å². The Morgan fingerprint density at radius 2 is 1.81 bits per heavy atom. The molecule has 0 unspecified atom stereocenters. The van der Waals surface area contributed by atoms with Crippen molar-refractivity contribution in [2.45, 2.75) is 45.3 Å². The molecule has 0 saturated carbocycles. The van der Waals surface area contributed by atoms with Crippen LogP contribution < -0.4 is 0 Å². The number of ether oxygens (including phenoxy) is 1. The van der Waals surface area contributed by atoms with Gasteiger partial charge in [-0.2, -0.15) is 0 Å². The van der Waals surface area contributed by atoms with E-state index in [1.54, 1.807) is 0 Å². The molecule has 1 aliphatic rings. The number of piperidine rings is 1. The highest BCUT2D eigenvalue weighted by atomic mass is 16.5. The van der Waals surface area contributed by atoms with Gasteiger partial charge >= 0.3 is 0 Å². The molecule has 1 aliphatic heterocycles. The summed E-state index contributed by atoms with van der Waals surface area (Å²) >= 11 is 0. The molecule has 1 rings (SSSR count). The molecule has 16 heavy (non-hydrogen) atoms. The van der Waals surface area contributed by atoms with E-state index in [1.807, 2.05) is 0 Å². The van der Waals surface area contributed by atoms with E-state index in [1.165, 1.54) is 25.9 Å². The molecule has 1 fully saturated rings. The number of rotatable bonds is 5. The second-order valence-electron chi connectivity index (χ2n) is 5.73. The summed E-state index contributed by atoms with van der Waals surface area (Å²) in [5.41, 5.74) is 0.113. The van der Waals surface area contributed by atoms with Gasteiger partial charge in [0.05, 0.1) is 12.2 Å². The van der Waals surface area contributed by atoms with E-state index in [0.29, 0.717) is 6.04 Å². The largest absolute Gasteiger partial charge is 0.374 e. The number of likely N-dealkylation sites (tertiary alicyclic amines) is 1. The molecule has 96 valence electrons. The van der Waals surface area contributed by atoms with Crippen LogP contribution in [-0.4, -0.2) is 61.8 Å². The Labute approximate surface area is 101 Å². The second kappa shape index (κ2) is 5.99. The van der Waals surface area contributed by atoms with Crippen molar-refractivity contribution < 1.29 is 4.74 Å². The molecular formula is C13H28N2O. The van der Waals surface area contributed by atoms with Gasteiger partial charge in [-0.3, -0.25) is 0 Å². The average molecular weight is 228 g/mol. The highest BCUT2D eigenvalue weighted by molar-refractivity contribution is 4.84. The standard InChI is InChI=1S/C13H28N2O/c1-12(2)15-8-6-13(3,7-9-15)16-11-10-14(4)5/h12H,6-11H2,1-5H3. The summed E-state index contributed by atoms with van der Waals surface area (Å²) in [4.78, 5) is 4.71. The summed E-state index contributed by atoms with van der Waals surface area (Å²) in [6.07, 6.45) is 2.33. The lowest BCUT2D eigenvalue weighted by Gasteiger charge is -2.41. The quantitative estimate of drug-likeness (QED) is 0.714. The fourth-order valence-corrected chi connectivity index (χ4v) is 2.13. The van der Waals surface area contributed by atoms with Crippen molar-refractivity contribution in [3.8, 4) is 0 Å². The molecule has 0 atom stereocenters. The molecular weight excluding hydrogens is 200 g/mol. The monoisotopic (exact) mass is 228 g/mol. The smallest absolute Gasteiger partial charge is 0.0679 e. The van der Waals surface area contributed by atoms with Gasteiger partial charge in [0.2, 0.25) is 0 Å². The number of hydrogen-bond donors (Lipinski definition) is 0. The maximum atomic E-state index is 6.04. The summed E-state index contributed by atoms with van der Waals surface area (Å²) in [5.74, 6) is 0. The Hall–Kier alpha value is -0.120. The first kappa shape index (κ1) is 13.9. The van der Waals surface area contributed by atoms with Gasteiger partial charge in [0.1, 0.15) is 0 Å². The van der Waals surface area contributed by atoms with Gasteiger partial charge in [0, 0.05) is 25.7 Å². The van der Waals surface area contributed by atoms with Crippen LogP contribution in [0, 0.1) is 0 Å². The van der Waals surface area contributed by atoms with Gasteiger partial charge in [-0.1, -0.05) is 0 Å². The fraction of sp³-hybridized carbons (Fsp3) is 1.00. The zero-order valence-electron chi connectivity index (χ0n) is 11.6. The van der Waals surface area contributed by atoms with E-state index in [0.717, 1.165) is 13.2 Å². The van der Waals surface area contributed by atoms with Crippen LogP contribution in [0.1, 0.15) is 33.6 Å². The Morgan fingerprint density at radius 1 is 1.25 bits per heavy atom. The Kier molecular flexibility index (Phi) is 5.22. The highest BCUT2D eigenvalue weighted by Gasteiger charge is 2.31. The lowest BCUT2D eigenvalue weighted by atomic mass is 9.92. The molecule has 3 nitrogen and oxygen atoms in total. The van der Waals surface area contributed by atoms with Crippen molar-refractivity contribution in [1.29, 1.82) is 0 Å². The van der Waals surface area contributed by atoms with Crippen molar-refractivity contribution in [2.24, 2.45) is 0 Å². The number of nitrogens with zero attached hydrogens (tertiary/aromatic N) is 2. The van der Waals surface area contributed by atoms with Gasteiger partial charge < -0.3 is 14.5 Å². The molecule has 0 aromatic carbocycles. The SMILES string of the molecule is CC(C)N1CCC(C)(OCCN(C)C)CC1. The van der Waals surface area contributed by atoms with Crippen LogP contribution in [0.25, 0.3) is 0 Å². The zero-order valence-corrected chi connectivity index (χ0v) is 11.6. The van der Waals surface area contributed by atoms with Crippen molar-refractivity contribution in [1.82, 2.24) is 9.80 Å². The van der Waals surface area contributed by atoms with Gasteiger partial charge in [0.25, 0.3) is 0 Å². The Bertz CT molecular complexity index is 191. The number of likely N-dealkylation sites (N-methyl/N-ethyl adjacent to an activating group) is 1. The van der Waals surface area contributed by atoms with Crippen LogP contribution in [0.5, 0.6) is 0 Å². The maximum absolute atomic E-state index is 6.04. The topological polar surface area (TPSA) is 15.7 Å². The van der Waals surface area contributed by atoms with Crippen LogP contribution in [0.4, 0.5) is 0 Å². The molecule has 0 amide bonds. The Balaban J connectivity index is 2.27. The first-order valence-corrected chi connectivity index (χ1v) is 6.46. The summed E-state index contributed by atoms with van der Waals surface area (Å²) in [6, 6.07) is 0.673. The molecule has 0 radical (unpaired) electrons. The van der Waals surface area contributed by atoms with Gasteiger partial charge in [-0.15, -0.1) is 0 Å². The third-order valence-corrected chi connectivity index (χ3v) is 3.58. The molecule has 1 heterocycles. The van der Waals surface area contributed by atoms with Gasteiger partial charge in [0.15, 0.2) is 0 Å². The average Bonchev–Trinajstić information content (AvgIpc) is 2.17. The minimum Gasteiger partial charge on any atom is -0.374 e. The minimum atomic E-state index is 0.113. The normalized spacial score (nSPS) is 21.9. The van der Waals surface area contributed by atoms with Crippen molar-refractivity contribution in [3.63, 3.8) is 0 Å². The summed E-state index contributed by atoms with van der Waals surface area (Å²) < 4.78 is 6.04. The van der Waals surface area contributed by atoms with Gasteiger partial charge in [-0.25, -0.2) is 0 Å². The van der Waals surface area contributed by atoms with E-state index in [-0.39, 0.29) is 5.60 Å². The molecule has 0 aliphatic carbocycles. The van der Waals surface area contributed by atoms with Crippen LogP contribution in [-0.2, 0) is 4.74 Å². The third-order valence-electron chi connectivity index (χ3n) is 3.58. The Morgan fingerprint density at radius 3 is 2.25 bits per heavy atom. The summed E-state index contributed by atoms with van der Waals surface area (Å²) in [5, 5.41) is 0. The maximum Gasteiger partial charge on any atom is 0.0679 e. The lowest BCUT2D eigenvalue weighted by molar-refractivity contribution is -0.0775. The third kappa shape index (κ3) is 4.40. The molecule has 0 aromatic heterocycles. The van der Waals surface area contributed by atoms with Gasteiger partial charge in [-0.05, 0) is 47.7 Å². The van der Waals surface area contributed by atoms with Crippen LogP contribution in [0.15, 0.2) is 0 Å². The predicted molar refractivity (Wildman–Crippen MR) is 68.9 cm³/mol. The molecule has 0 aromatic rings. The van der Waals surface area contributed by atoms with E-state index in [4.69, 9.17) is 4.74 Å². The van der Waals surface area contributed by atoms with E-state index >= 15 is 0 Å². The molecule has 1 saturated heterocycles. The molecule has 3 heteroatoms. The summed E-state index contributed by atoms with van der Waals surface area (Å²) in [7, 11) is 4.18. The van der Waals surface area contributed by atoms with Crippen molar-refractivity contribution >= 4 is 0 Å². The van der Waals surface area contributed by atoms with Crippen LogP contribution in [0.3, 0.4) is 0 Å². The lowest BCUT2D eigenvalue weighted by Crippen LogP contribution is -2.47. The van der Waals surface area contributed by atoms with E-state index < -0.39 is 0 Å². The molecule has 0 spiro atoms. The first-order chi connectivity index (χ1) is 7.43.